The molecule has 2 unspecified atom stereocenters. The molecule has 2 fully saturated rings. The summed E-state index contributed by atoms with van der Waals surface area (Å²) in [6.45, 7) is 7.12. The lowest BCUT2D eigenvalue weighted by molar-refractivity contribution is -0.137. The molecule has 0 bridgehead atoms. The van der Waals surface area contributed by atoms with Crippen molar-refractivity contribution in [1.29, 1.82) is 0 Å². The van der Waals surface area contributed by atoms with E-state index in [2.05, 4.69) is 17.1 Å². The molecular weight excluding hydrogens is 202 g/mol. The van der Waals surface area contributed by atoms with Gasteiger partial charge in [0.1, 0.15) is 0 Å². The largest absolute Gasteiger partial charge is 0.341 e. The third kappa shape index (κ3) is 2.74. The van der Waals surface area contributed by atoms with Crippen molar-refractivity contribution in [2.45, 2.75) is 25.8 Å². The van der Waals surface area contributed by atoms with Crippen molar-refractivity contribution in [3.8, 4) is 0 Å². The van der Waals surface area contributed by atoms with Gasteiger partial charge in [0.2, 0.25) is 5.91 Å². The van der Waals surface area contributed by atoms with Gasteiger partial charge in [-0.05, 0) is 38.8 Å². The first-order valence-corrected chi connectivity index (χ1v) is 6.35. The molecule has 16 heavy (non-hydrogen) atoms. The quantitative estimate of drug-likeness (QED) is 0.726. The third-order valence-electron chi connectivity index (χ3n) is 3.85. The molecule has 2 saturated heterocycles. The first-order valence-electron chi connectivity index (χ1n) is 6.35. The average molecular weight is 225 g/mol. The van der Waals surface area contributed by atoms with Crippen molar-refractivity contribution in [3.05, 3.63) is 0 Å². The van der Waals surface area contributed by atoms with E-state index in [4.69, 9.17) is 0 Å². The van der Waals surface area contributed by atoms with E-state index in [1.165, 1.54) is 12.8 Å². The molecule has 2 heterocycles. The molecule has 0 aromatic rings. The van der Waals surface area contributed by atoms with E-state index < -0.39 is 0 Å². The summed E-state index contributed by atoms with van der Waals surface area (Å²) in [6, 6.07) is 0.359. The summed E-state index contributed by atoms with van der Waals surface area (Å²) in [7, 11) is 1.91. The third-order valence-corrected chi connectivity index (χ3v) is 3.85. The summed E-state index contributed by atoms with van der Waals surface area (Å²) in [5.74, 6) is 1.000. The minimum absolute atomic E-state index is 0.266. The summed E-state index contributed by atoms with van der Waals surface area (Å²) >= 11 is 0. The van der Waals surface area contributed by atoms with E-state index in [-0.39, 0.29) is 5.91 Å². The standard InChI is InChI=1S/C12H23N3O/c1-10-7-15(9-12(16)14(10)2)8-11-4-3-5-13-6-11/h10-11,13H,3-9H2,1-2H3. The molecule has 2 aliphatic rings. The number of amides is 1. The molecule has 0 aliphatic carbocycles. The second-order valence-corrected chi connectivity index (χ2v) is 5.26. The molecule has 0 aromatic carbocycles. The molecule has 0 aromatic heterocycles. The zero-order valence-electron chi connectivity index (χ0n) is 10.4. The van der Waals surface area contributed by atoms with Gasteiger partial charge in [0.05, 0.1) is 6.54 Å². The van der Waals surface area contributed by atoms with Crippen LogP contribution in [0.25, 0.3) is 0 Å². The van der Waals surface area contributed by atoms with Crippen molar-refractivity contribution in [2.24, 2.45) is 5.92 Å². The highest BCUT2D eigenvalue weighted by atomic mass is 16.2. The maximum absolute atomic E-state index is 11.7. The molecule has 1 N–H and O–H groups in total. The fraction of sp³-hybridized carbons (Fsp3) is 0.917. The highest BCUT2D eigenvalue weighted by molar-refractivity contribution is 5.79. The first-order chi connectivity index (χ1) is 7.66. The van der Waals surface area contributed by atoms with Gasteiger partial charge >= 0.3 is 0 Å². The number of carbonyl (C=O) groups is 1. The molecule has 1 amide bonds. The van der Waals surface area contributed by atoms with Gasteiger partial charge in [-0.1, -0.05) is 0 Å². The van der Waals surface area contributed by atoms with E-state index >= 15 is 0 Å². The topological polar surface area (TPSA) is 35.6 Å². The van der Waals surface area contributed by atoms with Crippen molar-refractivity contribution in [1.82, 2.24) is 15.1 Å². The zero-order chi connectivity index (χ0) is 11.5. The van der Waals surface area contributed by atoms with Gasteiger partial charge in [-0.3, -0.25) is 9.69 Å². The summed E-state index contributed by atoms with van der Waals surface area (Å²) in [4.78, 5) is 15.9. The molecule has 92 valence electrons. The lowest BCUT2D eigenvalue weighted by Gasteiger charge is -2.39. The van der Waals surface area contributed by atoms with Crippen LogP contribution in [0.2, 0.25) is 0 Å². The molecule has 2 rings (SSSR count). The van der Waals surface area contributed by atoms with Gasteiger partial charge in [0.15, 0.2) is 0 Å². The number of rotatable bonds is 2. The Bertz CT molecular complexity index is 251. The van der Waals surface area contributed by atoms with Gasteiger partial charge in [0, 0.05) is 26.2 Å². The summed E-state index contributed by atoms with van der Waals surface area (Å²) in [6.07, 6.45) is 2.59. The van der Waals surface area contributed by atoms with Crippen molar-refractivity contribution in [3.63, 3.8) is 0 Å². The van der Waals surface area contributed by atoms with Crippen LogP contribution in [0, 0.1) is 5.92 Å². The smallest absolute Gasteiger partial charge is 0.236 e. The predicted molar refractivity (Wildman–Crippen MR) is 64.3 cm³/mol. The Morgan fingerprint density at radius 2 is 2.31 bits per heavy atom. The van der Waals surface area contributed by atoms with E-state index in [1.807, 2.05) is 11.9 Å². The van der Waals surface area contributed by atoms with Crippen LogP contribution in [0.4, 0.5) is 0 Å². The van der Waals surface area contributed by atoms with Crippen LogP contribution in [0.15, 0.2) is 0 Å². The Labute approximate surface area is 98.0 Å². The SMILES string of the molecule is CC1CN(CC2CCCNC2)CC(=O)N1C. The Hall–Kier alpha value is -0.610. The zero-order valence-corrected chi connectivity index (χ0v) is 10.4. The summed E-state index contributed by atoms with van der Waals surface area (Å²) in [5, 5.41) is 3.43. The van der Waals surface area contributed by atoms with Gasteiger partial charge in [-0.25, -0.2) is 0 Å². The second kappa shape index (κ2) is 5.15. The predicted octanol–water partition coefficient (Wildman–Crippen LogP) is 0.149. The maximum atomic E-state index is 11.7. The number of piperazine rings is 1. The molecule has 0 saturated carbocycles. The Morgan fingerprint density at radius 3 is 2.94 bits per heavy atom. The lowest BCUT2D eigenvalue weighted by atomic mass is 9.98. The van der Waals surface area contributed by atoms with Crippen molar-refractivity contribution >= 4 is 5.91 Å². The van der Waals surface area contributed by atoms with E-state index in [0.29, 0.717) is 12.6 Å². The number of hydrogen-bond acceptors (Lipinski definition) is 3. The molecule has 2 atom stereocenters. The number of likely N-dealkylation sites (N-methyl/N-ethyl adjacent to an activating group) is 1. The van der Waals surface area contributed by atoms with E-state index in [0.717, 1.165) is 32.1 Å². The summed E-state index contributed by atoms with van der Waals surface area (Å²) < 4.78 is 0. The molecular formula is C12H23N3O. The molecule has 0 radical (unpaired) electrons. The van der Waals surface area contributed by atoms with E-state index in [9.17, 15) is 4.79 Å². The number of hydrogen-bond donors (Lipinski definition) is 1. The lowest BCUT2D eigenvalue weighted by Crippen LogP contribution is -2.55. The summed E-state index contributed by atoms with van der Waals surface area (Å²) in [5.41, 5.74) is 0. The minimum Gasteiger partial charge on any atom is -0.341 e. The normalized spacial score (nSPS) is 33.1. The van der Waals surface area contributed by atoms with Crippen molar-refractivity contribution < 1.29 is 4.79 Å². The van der Waals surface area contributed by atoms with Crippen LogP contribution in [-0.4, -0.2) is 61.5 Å². The fourth-order valence-corrected chi connectivity index (χ4v) is 2.69. The number of piperidine rings is 1. The second-order valence-electron chi connectivity index (χ2n) is 5.26. The Balaban J connectivity index is 1.83. The van der Waals surface area contributed by atoms with Crippen LogP contribution >= 0.6 is 0 Å². The monoisotopic (exact) mass is 225 g/mol. The van der Waals surface area contributed by atoms with Gasteiger partial charge in [0.25, 0.3) is 0 Å². The highest BCUT2D eigenvalue weighted by Crippen LogP contribution is 2.15. The number of nitrogens with one attached hydrogen (secondary N) is 1. The molecule has 2 aliphatic heterocycles. The molecule has 4 heteroatoms. The number of nitrogens with zero attached hydrogens (tertiary/aromatic N) is 2. The fourth-order valence-electron chi connectivity index (χ4n) is 2.69. The minimum atomic E-state index is 0.266. The number of carbonyl (C=O) groups excluding carboxylic acids is 1. The highest BCUT2D eigenvalue weighted by Gasteiger charge is 2.28. The maximum Gasteiger partial charge on any atom is 0.236 e. The van der Waals surface area contributed by atoms with Gasteiger partial charge < -0.3 is 10.2 Å². The van der Waals surface area contributed by atoms with Crippen LogP contribution < -0.4 is 5.32 Å². The van der Waals surface area contributed by atoms with Crippen LogP contribution in [0.5, 0.6) is 0 Å². The Morgan fingerprint density at radius 1 is 1.50 bits per heavy atom. The van der Waals surface area contributed by atoms with Crippen LogP contribution in [0.3, 0.4) is 0 Å². The van der Waals surface area contributed by atoms with Crippen LogP contribution in [-0.2, 0) is 4.79 Å². The average Bonchev–Trinajstić information content (AvgIpc) is 2.27. The Kier molecular flexibility index (Phi) is 3.82. The van der Waals surface area contributed by atoms with E-state index in [1.54, 1.807) is 0 Å². The molecule has 4 nitrogen and oxygen atoms in total. The molecule has 0 spiro atoms. The van der Waals surface area contributed by atoms with Gasteiger partial charge in [-0.2, -0.15) is 0 Å². The first kappa shape index (κ1) is 11.9. The van der Waals surface area contributed by atoms with Crippen molar-refractivity contribution in [2.75, 3.05) is 39.8 Å². The van der Waals surface area contributed by atoms with Gasteiger partial charge in [-0.15, -0.1) is 0 Å². The van der Waals surface area contributed by atoms with Crippen LogP contribution in [0.1, 0.15) is 19.8 Å².